The van der Waals surface area contributed by atoms with E-state index in [1.54, 1.807) is 18.2 Å². The van der Waals surface area contributed by atoms with E-state index in [2.05, 4.69) is 10.1 Å². The fraction of sp³-hybridized carbons (Fsp3) is 0.467. The molecule has 0 bridgehead atoms. The van der Waals surface area contributed by atoms with Crippen molar-refractivity contribution in [1.82, 2.24) is 5.32 Å². The first-order valence-corrected chi connectivity index (χ1v) is 6.81. The van der Waals surface area contributed by atoms with Gasteiger partial charge in [0.2, 0.25) is 5.79 Å². The Morgan fingerprint density at radius 2 is 1.91 bits per heavy atom. The molecule has 0 aliphatic carbocycles. The Balaban J connectivity index is 2.46. The maximum absolute atomic E-state index is 11.6. The van der Waals surface area contributed by atoms with Gasteiger partial charge in [-0.2, -0.15) is 0 Å². The summed E-state index contributed by atoms with van der Waals surface area (Å²) in [6.07, 6.45) is -0.920. The molecule has 8 nitrogen and oxygen atoms in total. The molecule has 0 heterocycles. The van der Waals surface area contributed by atoms with Crippen molar-refractivity contribution in [2.45, 2.75) is 26.2 Å². The molecule has 2 N–H and O–H groups in total. The fourth-order valence-electron chi connectivity index (χ4n) is 1.59. The third-order valence-electron chi connectivity index (χ3n) is 2.60. The van der Waals surface area contributed by atoms with Crippen molar-refractivity contribution in [2.24, 2.45) is 0 Å². The van der Waals surface area contributed by atoms with E-state index in [4.69, 9.17) is 14.2 Å². The maximum atomic E-state index is 11.6. The van der Waals surface area contributed by atoms with Gasteiger partial charge in [-0.3, -0.25) is 4.79 Å². The Morgan fingerprint density at radius 1 is 1.22 bits per heavy atom. The molecule has 0 atom stereocenters. The second-order valence-electron chi connectivity index (χ2n) is 5.03. The lowest BCUT2D eigenvalue weighted by Crippen LogP contribution is -2.37. The number of carbonyl (C=O) groups excluding carboxylic acids is 2. The quantitative estimate of drug-likeness (QED) is 0.573. The third-order valence-corrected chi connectivity index (χ3v) is 2.60. The summed E-state index contributed by atoms with van der Waals surface area (Å²) >= 11 is 0. The third kappa shape index (κ3) is 6.88. The first-order chi connectivity index (χ1) is 10.7. The summed E-state index contributed by atoms with van der Waals surface area (Å²) < 4.78 is 19.9. The molecule has 1 aromatic carbocycles. The van der Waals surface area contributed by atoms with E-state index < -0.39 is 17.8 Å². The molecule has 0 aliphatic rings. The number of rotatable bonds is 7. The van der Waals surface area contributed by atoms with Gasteiger partial charge in [0.25, 0.3) is 0 Å². The van der Waals surface area contributed by atoms with E-state index >= 15 is 0 Å². The van der Waals surface area contributed by atoms with Crippen LogP contribution < -0.4 is 14.8 Å². The summed E-state index contributed by atoms with van der Waals surface area (Å²) in [5.41, 5.74) is 0.653. The minimum atomic E-state index is -1.62. The van der Waals surface area contributed by atoms with Gasteiger partial charge in [0.05, 0.1) is 14.2 Å². The predicted octanol–water partition coefficient (Wildman–Crippen LogP) is 1.20. The van der Waals surface area contributed by atoms with Crippen LogP contribution in [0.25, 0.3) is 0 Å². The SMILES string of the molecule is COc1ccc(COC(=O)CNC(=O)OC(C)(C)O)c(OC)c1. The van der Waals surface area contributed by atoms with Gasteiger partial charge in [-0.05, 0) is 12.1 Å². The second-order valence-corrected chi connectivity index (χ2v) is 5.03. The van der Waals surface area contributed by atoms with Gasteiger partial charge >= 0.3 is 12.1 Å². The van der Waals surface area contributed by atoms with Crippen LogP contribution in [0.1, 0.15) is 19.4 Å². The molecule has 0 spiro atoms. The van der Waals surface area contributed by atoms with Gasteiger partial charge in [-0.1, -0.05) is 0 Å². The molecule has 23 heavy (non-hydrogen) atoms. The summed E-state index contributed by atoms with van der Waals surface area (Å²) in [6, 6.07) is 5.09. The van der Waals surface area contributed by atoms with E-state index in [0.717, 1.165) is 0 Å². The highest BCUT2D eigenvalue weighted by molar-refractivity contribution is 5.78. The first-order valence-electron chi connectivity index (χ1n) is 6.81. The number of aliphatic hydroxyl groups is 1. The average molecular weight is 327 g/mol. The van der Waals surface area contributed by atoms with Crippen molar-refractivity contribution in [3.63, 3.8) is 0 Å². The summed E-state index contributed by atoms with van der Waals surface area (Å²) in [6.45, 7) is 2.18. The molecule has 0 radical (unpaired) electrons. The van der Waals surface area contributed by atoms with Crippen molar-refractivity contribution in [1.29, 1.82) is 0 Å². The minimum Gasteiger partial charge on any atom is -0.497 e. The Labute approximate surface area is 134 Å². The number of benzene rings is 1. The van der Waals surface area contributed by atoms with Crippen molar-refractivity contribution in [2.75, 3.05) is 20.8 Å². The van der Waals surface area contributed by atoms with Crippen LogP contribution in [0.15, 0.2) is 18.2 Å². The van der Waals surface area contributed by atoms with Gasteiger partial charge in [-0.15, -0.1) is 0 Å². The zero-order chi connectivity index (χ0) is 17.5. The van der Waals surface area contributed by atoms with Crippen molar-refractivity contribution in [3.05, 3.63) is 23.8 Å². The van der Waals surface area contributed by atoms with Gasteiger partial charge < -0.3 is 29.4 Å². The number of hydrogen-bond acceptors (Lipinski definition) is 7. The largest absolute Gasteiger partial charge is 0.497 e. The van der Waals surface area contributed by atoms with Gasteiger partial charge in [0.1, 0.15) is 24.7 Å². The summed E-state index contributed by atoms with van der Waals surface area (Å²) in [5.74, 6) is -1.14. The molecular formula is C15H21NO7. The lowest BCUT2D eigenvalue weighted by molar-refractivity contribution is -0.145. The number of methoxy groups -OCH3 is 2. The van der Waals surface area contributed by atoms with Crippen molar-refractivity contribution < 1.29 is 33.6 Å². The number of ether oxygens (including phenoxy) is 4. The normalized spacial score (nSPS) is 10.7. The first kappa shape index (κ1) is 18.6. The molecule has 0 saturated carbocycles. The van der Waals surface area contributed by atoms with E-state index in [1.165, 1.54) is 28.1 Å². The number of amides is 1. The molecule has 1 amide bonds. The number of nitrogens with one attached hydrogen (secondary N) is 1. The zero-order valence-electron chi connectivity index (χ0n) is 13.5. The van der Waals surface area contributed by atoms with Crippen LogP contribution in [0.2, 0.25) is 0 Å². The van der Waals surface area contributed by atoms with Crippen molar-refractivity contribution >= 4 is 12.1 Å². The number of carbonyl (C=O) groups is 2. The molecule has 1 aromatic rings. The fourth-order valence-corrected chi connectivity index (χ4v) is 1.59. The number of hydrogen-bond donors (Lipinski definition) is 2. The standard InChI is InChI=1S/C15H21NO7/c1-15(2,19)23-14(18)16-8-13(17)22-9-10-5-6-11(20-3)7-12(10)21-4/h5-7,19H,8-9H2,1-4H3,(H,16,18). The molecular weight excluding hydrogens is 306 g/mol. The Morgan fingerprint density at radius 3 is 2.48 bits per heavy atom. The van der Waals surface area contributed by atoms with E-state index in [-0.39, 0.29) is 13.2 Å². The topological polar surface area (TPSA) is 103 Å². The Hall–Kier alpha value is -2.48. The monoisotopic (exact) mass is 327 g/mol. The van der Waals surface area contributed by atoms with Crippen LogP contribution >= 0.6 is 0 Å². The molecule has 8 heteroatoms. The minimum absolute atomic E-state index is 0.0196. The van der Waals surface area contributed by atoms with Crippen LogP contribution in [-0.2, 0) is 20.9 Å². The number of esters is 1. The summed E-state index contributed by atoms with van der Waals surface area (Å²) in [7, 11) is 3.03. The lowest BCUT2D eigenvalue weighted by Gasteiger charge is -2.18. The highest BCUT2D eigenvalue weighted by Crippen LogP contribution is 2.25. The smallest absolute Gasteiger partial charge is 0.410 e. The molecule has 0 fully saturated rings. The number of alkyl carbamates (subject to hydrolysis) is 1. The van der Waals surface area contributed by atoms with Crippen molar-refractivity contribution in [3.8, 4) is 11.5 Å². The van der Waals surface area contributed by atoms with Crippen LogP contribution in [0, 0.1) is 0 Å². The van der Waals surface area contributed by atoms with Gasteiger partial charge in [0, 0.05) is 25.5 Å². The van der Waals surface area contributed by atoms with E-state index in [1.807, 2.05) is 0 Å². The molecule has 0 saturated heterocycles. The lowest BCUT2D eigenvalue weighted by atomic mass is 10.2. The van der Waals surface area contributed by atoms with Crippen LogP contribution in [0.5, 0.6) is 11.5 Å². The van der Waals surface area contributed by atoms with Crippen LogP contribution in [-0.4, -0.2) is 43.7 Å². The van der Waals surface area contributed by atoms with Crippen LogP contribution in [0.4, 0.5) is 4.79 Å². The van der Waals surface area contributed by atoms with Gasteiger partial charge in [0.15, 0.2) is 0 Å². The second kappa shape index (κ2) is 8.23. The maximum Gasteiger partial charge on any atom is 0.410 e. The predicted molar refractivity (Wildman–Crippen MR) is 80.1 cm³/mol. The molecule has 128 valence electrons. The molecule has 0 aliphatic heterocycles. The highest BCUT2D eigenvalue weighted by atomic mass is 16.7. The highest BCUT2D eigenvalue weighted by Gasteiger charge is 2.19. The van der Waals surface area contributed by atoms with Crippen LogP contribution in [0.3, 0.4) is 0 Å². The average Bonchev–Trinajstić information content (AvgIpc) is 2.49. The zero-order valence-corrected chi connectivity index (χ0v) is 13.5. The van der Waals surface area contributed by atoms with E-state index in [0.29, 0.717) is 17.1 Å². The van der Waals surface area contributed by atoms with E-state index in [9.17, 15) is 14.7 Å². The Bertz CT molecular complexity index is 551. The Kier molecular flexibility index (Phi) is 6.65. The summed E-state index contributed by atoms with van der Waals surface area (Å²) in [5, 5.41) is 11.5. The molecule has 0 unspecified atom stereocenters. The summed E-state index contributed by atoms with van der Waals surface area (Å²) in [4.78, 5) is 22.9. The molecule has 1 rings (SSSR count). The molecule has 0 aromatic heterocycles. The van der Waals surface area contributed by atoms with Gasteiger partial charge in [-0.25, -0.2) is 4.79 Å².